The number of imidazole rings is 1. The first-order valence-electron chi connectivity index (χ1n) is 6.78. The molecule has 0 spiro atoms. The van der Waals surface area contributed by atoms with Crippen molar-refractivity contribution in [1.82, 2.24) is 20.2 Å². The van der Waals surface area contributed by atoms with Crippen LogP contribution in [0.4, 0.5) is 0 Å². The number of para-hydroxylation sites is 2. The second-order valence-electron chi connectivity index (χ2n) is 4.75. The van der Waals surface area contributed by atoms with E-state index in [0.29, 0.717) is 0 Å². The Morgan fingerprint density at radius 1 is 1.21 bits per heavy atom. The summed E-state index contributed by atoms with van der Waals surface area (Å²) < 4.78 is 0. The van der Waals surface area contributed by atoms with Gasteiger partial charge in [-0.2, -0.15) is 0 Å². The van der Waals surface area contributed by atoms with Crippen molar-refractivity contribution in [2.45, 2.75) is 6.42 Å². The van der Waals surface area contributed by atoms with Gasteiger partial charge in [-0.3, -0.25) is 4.90 Å². The number of aromatic nitrogens is 2. The summed E-state index contributed by atoms with van der Waals surface area (Å²) in [6.45, 7) is 5.50. The highest BCUT2D eigenvalue weighted by molar-refractivity contribution is 5.75. The van der Waals surface area contributed by atoms with Crippen LogP contribution in [0, 0.1) is 11.8 Å². The minimum absolute atomic E-state index is 0.765. The number of benzene rings is 1. The molecule has 1 aliphatic rings. The number of piperazine rings is 1. The Kier molecular flexibility index (Phi) is 3.78. The van der Waals surface area contributed by atoms with Crippen LogP contribution in [0.5, 0.6) is 0 Å². The van der Waals surface area contributed by atoms with Gasteiger partial charge in [0.15, 0.2) is 5.82 Å². The molecule has 1 aliphatic heterocycles. The predicted octanol–water partition coefficient (Wildman–Crippen LogP) is 1.21. The van der Waals surface area contributed by atoms with Crippen molar-refractivity contribution in [1.29, 1.82) is 0 Å². The molecule has 0 saturated carbocycles. The van der Waals surface area contributed by atoms with Crippen LogP contribution in [0.15, 0.2) is 24.3 Å². The fraction of sp³-hybridized carbons (Fsp3) is 0.400. The van der Waals surface area contributed by atoms with Gasteiger partial charge in [0.05, 0.1) is 11.0 Å². The first-order chi connectivity index (χ1) is 9.42. The smallest absolute Gasteiger partial charge is 0.183 e. The lowest BCUT2D eigenvalue weighted by Crippen LogP contribution is -2.43. The van der Waals surface area contributed by atoms with Crippen LogP contribution in [-0.2, 0) is 0 Å². The summed E-state index contributed by atoms with van der Waals surface area (Å²) >= 11 is 0. The van der Waals surface area contributed by atoms with E-state index in [9.17, 15) is 0 Å². The largest absolute Gasteiger partial charge is 0.331 e. The van der Waals surface area contributed by atoms with Crippen molar-refractivity contribution in [2.24, 2.45) is 0 Å². The maximum atomic E-state index is 4.44. The number of fused-ring (bicyclic) bond motifs is 1. The van der Waals surface area contributed by atoms with Gasteiger partial charge < -0.3 is 10.3 Å². The summed E-state index contributed by atoms with van der Waals surface area (Å²) in [5.74, 6) is 7.08. The molecule has 4 heteroatoms. The van der Waals surface area contributed by atoms with Crippen LogP contribution >= 0.6 is 0 Å². The number of H-pyrrole nitrogens is 1. The highest BCUT2D eigenvalue weighted by Gasteiger charge is 2.07. The third-order valence-electron chi connectivity index (χ3n) is 3.36. The molecular weight excluding hydrogens is 236 g/mol. The minimum Gasteiger partial charge on any atom is -0.331 e. The van der Waals surface area contributed by atoms with E-state index >= 15 is 0 Å². The first kappa shape index (κ1) is 12.2. The molecule has 2 heterocycles. The van der Waals surface area contributed by atoms with Gasteiger partial charge >= 0.3 is 0 Å². The first-order valence-corrected chi connectivity index (χ1v) is 6.78. The lowest BCUT2D eigenvalue weighted by Gasteiger charge is -2.26. The standard InChI is InChI=1S/C15H18N4/c1-2-6-14-13(5-1)17-15(18-14)7-3-4-10-19-11-8-16-9-12-19/h1-2,5-6,16H,4,8-12H2,(H,17,18). The van der Waals surface area contributed by atoms with Gasteiger partial charge in [0, 0.05) is 39.1 Å². The predicted molar refractivity (Wildman–Crippen MR) is 76.9 cm³/mol. The van der Waals surface area contributed by atoms with Crippen molar-refractivity contribution in [3.05, 3.63) is 30.1 Å². The lowest BCUT2D eigenvalue weighted by molar-refractivity contribution is 0.246. The Morgan fingerprint density at radius 3 is 2.89 bits per heavy atom. The number of hydrogen-bond acceptors (Lipinski definition) is 3. The number of nitrogens with zero attached hydrogens (tertiary/aromatic N) is 2. The molecule has 2 aromatic rings. The van der Waals surface area contributed by atoms with Gasteiger partial charge in [0.1, 0.15) is 0 Å². The van der Waals surface area contributed by atoms with Crippen molar-refractivity contribution >= 4 is 11.0 Å². The van der Waals surface area contributed by atoms with Gasteiger partial charge in [-0.25, -0.2) is 4.98 Å². The van der Waals surface area contributed by atoms with E-state index in [1.807, 2.05) is 24.3 Å². The number of hydrogen-bond donors (Lipinski definition) is 2. The zero-order valence-corrected chi connectivity index (χ0v) is 10.9. The third kappa shape index (κ3) is 3.14. The molecule has 1 saturated heterocycles. The molecule has 1 aromatic heterocycles. The van der Waals surface area contributed by atoms with Crippen LogP contribution in [0.25, 0.3) is 11.0 Å². The molecule has 0 atom stereocenters. The highest BCUT2D eigenvalue weighted by atomic mass is 15.2. The highest BCUT2D eigenvalue weighted by Crippen LogP contribution is 2.09. The Hall–Kier alpha value is -1.83. The van der Waals surface area contributed by atoms with Crippen molar-refractivity contribution in [2.75, 3.05) is 32.7 Å². The molecule has 0 unspecified atom stereocenters. The summed E-state index contributed by atoms with van der Waals surface area (Å²) in [7, 11) is 0. The summed E-state index contributed by atoms with van der Waals surface area (Å²) in [5.41, 5.74) is 2.03. The average Bonchev–Trinajstić information content (AvgIpc) is 2.87. The zero-order chi connectivity index (χ0) is 12.9. The lowest BCUT2D eigenvalue weighted by atomic mass is 10.3. The molecular formula is C15H18N4. The molecule has 1 fully saturated rings. The molecule has 1 aromatic carbocycles. The van der Waals surface area contributed by atoms with E-state index in [4.69, 9.17) is 0 Å². The number of aromatic amines is 1. The molecule has 2 N–H and O–H groups in total. The van der Waals surface area contributed by atoms with E-state index in [0.717, 1.165) is 56.0 Å². The van der Waals surface area contributed by atoms with Crippen molar-refractivity contribution in [3.8, 4) is 11.8 Å². The fourth-order valence-corrected chi connectivity index (χ4v) is 2.31. The van der Waals surface area contributed by atoms with E-state index in [1.54, 1.807) is 0 Å². The second kappa shape index (κ2) is 5.87. The van der Waals surface area contributed by atoms with Crippen molar-refractivity contribution in [3.63, 3.8) is 0 Å². The maximum absolute atomic E-state index is 4.44. The molecule has 19 heavy (non-hydrogen) atoms. The Morgan fingerprint density at radius 2 is 2.05 bits per heavy atom. The van der Waals surface area contributed by atoms with E-state index in [1.165, 1.54) is 0 Å². The molecule has 4 nitrogen and oxygen atoms in total. The van der Waals surface area contributed by atoms with Crippen molar-refractivity contribution < 1.29 is 0 Å². The number of nitrogens with one attached hydrogen (secondary N) is 2. The van der Waals surface area contributed by atoms with Gasteiger partial charge in [0.2, 0.25) is 0 Å². The molecule has 0 bridgehead atoms. The summed E-state index contributed by atoms with van der Waals surface area (Å²) in [4.78, 5) is 10.1. The van der Waals surface area contributed by atoms with Crippen LogP contribution in [0.1, 0.15) is 12.2 Å². The summed E-state index contributed by atoms with van der Waals surface area (Å²) in [6, 6.07) is 8.01. The third-order valence-corrected chi connectivity index (χ3v) is 3.36. The SMILES string of the molecule is C(#Cc1nc2ccccc2[nH]1)CCN1CCNCC1. The van der Waals surface area contributed by atoms with Gasteiger partial charge in [-0.05, 0) is 18.1 Å². The molecule has 0 radical (unpaired) electrons. The Balaban J connectivity index is 1.57. The van der Waals surface area contributed by atoms with Crippen LogP contribution in [0.3, 0.4) is 0 Å². The average molecular weight is 254 g/mol. The summed E-state index contributed by atoms with van der Waals surface area (Å²) in [6.07, 6.45) is 0.900. The minimum atomic E-state index is 0.765. The van der Waals surface area contributed by atoms with E-state index in [-0.39, 0.29) is 0 Å². The van der Waals surface area contributed by atoms with E-state index in [2.05, 4.69) is 32.0 Å². The van der Waals surface area contributed by atoms with Gasteiger partial charge in [0.25, 0.3) is 0 Å². The number of rotatable bonds is 2. The Bertz CT molecular complexity index is 566. The normalized spacial score (nSPS) is 16.2. The van der Waals surface area contributed by atoms with Crippen LogP contribution in [0.2, 0.25) is 0 Å². The topological polar surface area (TPSA) is 44.0 Å². The summed E-state index contributed by atoms with van der Waals surface area (Å²) in [5, 5.41) is 3.35. The van der Waals surface area contributed by atoms with Crippen LogP contribution < -0.4 is 5.32 Å². The quantitative estimate of drug-likeness (QED) is 0.792. The molecule has 3 rings (SSSR count). The maximum Gasteiger partial charge on any atom is 0.183 e. The fourth-order valence-electron chi connectivity index (χ4n) is 2.31. The van der Waals surface area contributed by atoms with E-state index < -0.39 is 0 Å². The monoisotopic (exact) mass is 254 g/mol. The van der Waals surface area contributed by atoms with Crippen LogP contribution in [-0.4, -0.2) is 47.6 Å². The molecule has 0 aliphatic carbocycles. The van der Waals surface area contributed by atoms with Gasteiger partial charge in [-0.15, -0.1) is 0 Å². The molecule has 98 valence electrons. The second-order valence-corrected chi connectivity index (χ2v) is 4.75. The zero-order valence-electron chi connectivity index (χ0n) is 10.9. The Labute approximate surface area is 113 Å². The molecule has 0 amide bonds. The van der Waals surface area contributed by atoms with Gasteiger partial charge in [-0.1, -0.05) is 18.1 Å².